The Kier molecular flexibility index (Phi) is 4.44. The molecule has 0 N–H and O–H groups in total. The number of hydrogen-bond donors (Lipinski definition) is 0. The van der Waals surface area contributed by atoms with Crippen molar-refractivity contribution < 1.29 is 9.53 Å². The summed E-state index contributed by atoms with van der Waals surface area (Å²) < 4.78 is 6.36. The molecule has 1 fully saturated rings. The lowest BCUT2D eigenvalue weighted by molar-refractivity contribution is -0.199. The minimum absolute atomic E-state index is 0.0539. The molecule has 1 amide bonds. The van der Waals surface area contributed by atoms with Gasteiger partial charge in [0.2, 0.25) is 5.69 Å². The standard InChI is InChI=1S/C24H25ClN2O2/c1-14-7-8-15-13-27(20(28)17(15)11-14)21-23(2,3)22(24(21,4)5)29-16-9-10-19(26-6)18(25)12-16/h7-12,21-22H,13H2,1-5H3. The fraction of sp³-hybridized carbons (Fsp3) is 0.417. The zero-order valence-corrected chi connectivity index (χ0v) is 18.2. The number of rotatable bonds is 3. The summed E-state index contributed by atoms with van der Waals surface area (Å²) in [7, 11) is 0. The van der Waals surface area contributed by atoms with Crippen LogP contribution in [0, 0.1) is 24.3 Å². The molecule has 1 saturated carbocycles. The van der Waals surface area contributed by atoms with Gasteiger partial charge in [0.15, 0.2) is 0 Å². The molecule has 1 aliphatic carbocycles. The lowest BCUT2D eigenvalue weighted by Gasteiger charge is -2.65. The van der Waals surface area contributed by atoms with Crippen molar-refractivity contribution >= 4 is 23.2 Å². The molecule has 1 aliphatic heterocycles. The van der Waals surface area contributed by atoms with Crippen LogP contribution in [0.5, 0.6) is 5.75 Å². The number of carbonyl (C=O) groups is 1. The molecule has 2 aliphatic rings. The summed E-state index contributed by atoms with van der Waals surface area (Å²) in [6.07, 6.45) is -0.0897. The Morgan fingerprint density at radius 1 is 1.14 bits per heavy atom. The Labute approximate surface area is 177 Å². The van der Waals surface area contributed by atoms with E-state index in [0.29, 0.717) is 23.0 Å². The largest absolute Gasteiger partial charge is 0.489 e. The van der Waals surface area contributed by atoms with Gasteiger partial charge in [0.25, 0.3) is 5.91 Å². The molecular formula is C24H25ClN2O2. The molecule has 0 saturated heterocycles. The van der Waals surface area contributed by atoms with Gasteiger partial charge in [-0.05, 0) is 30.7 Å². The highest BCUT2D eigenvalue weighted by atomic mass is 35.5. The van der Waals surface area contributed by atoms with Crippen molar-refractivity contribution in [2.24, 2.45) is 10.8 Å². The molecule has 2 aromatic rings. The maximum atomic E-state index is 13.2. The van der Waals surface area contributed by atoms with Gasteiger partial charge in [0.05, 0.1) is 11.6 Å². The Bertz CT molecular complexity index is 1040. The van der Waals surface area contributed by atoms with Crippen LogP contribution >= 0.6 is 11.6 Å². The second kappa shape index (κ2) is 6.50. The molecule has 0 radical (unpaired) electrons. The smallest absolute Gasteiger partial charge is 0.254 e. The number of halogens is 1. The quantitative estimate of drug-likeness (QED) is 0.580. The van der Waals surface area contributed by atoms with Crippen molar-refractivity contribution in [1.29, 1.82) is 0 Å². The van der Waals surface area contributed by atoms with Crippen molar-refractivity contribution in [3.05, 3.63) is 69.5 Å². The first-order chi connectivity index (χ1) is 13.6. The van der Waals surface area contributed by atoms with E-state index in [0.717, 1.165) is 16.7 Å². The highest BCUT2D eigenvalue weighted by molar-refractivity contribution is 6.33. The van der Waals surface area contributed by atoms with Gasteiger partial charge in [-0.2, -0.15) is 0 Å². The predicted molar refractivity (Wildman–Crippen MR) is 115 cm³/mol. The molecule has 0 spiro atoms. The summed E-state index contributed by atoms with van der Waals surface area (Å²) >= 11 is 6.19. The van der Waals surface area contributed by atoms with Crippen molar-refractivity contribution in [3.63, 3.8) is 0 Å². The lowest BCUT2D eigenvalue weighted by atomic mass is 9.49. The van der Waals surface area contributed by atoms with E-state index < -0.39 is 0 Å². The van der Waals surface area contributed by atoms with Crippen LogP contribution in [0.2, 0.25) is 5.02 Å². The number of benzene rings is 2. The van der Waals surface area contributed by atoms with E-state index in [9.17, 15) is 4.79 Å². The second-order valence-corrected chi connectivity index (χ2v) is 9.77. The van der Waals surface area contributed by atoms with Crippen LogP contribution in [0.4, 0.5) is 5.69 Å². The van der Waals surface area contributed by atoms with E-state index in [2.05, 4.69) is 44.7 Å². The second-order valence-electron chi connectivity index (χ2n) is 9.36. The van der Waals surface area contributed by atoms with E-state index in [1.807, 2.05) is 17.9 Å². The average molecular weight is 409 g/mol. The highest BCUT2D eigenvalue weighted by Crippen LogP contribution is 2.59. The summed E-state index contributed by atoms with van der Waals surface area (Å²) in [6.45, 7) is 18.4. The van der Waals surface area contributed by atoms with Crippen LogP contribution in [0.3, 0.4) is 0 Å². The minimum atomic E-state index is -0.235. The zero-order chi connectivity index (χ0) is 21.1. The van der Waals surface area contributed by atoms with Gasteiger partial charge in [-0.1, -0.05) is 63.1 Å². The van der Waals surface area contributed by atoms with Crippen LogP contribution in [0.25, 0.3) is 4.85 Å². The molecule has 4 rings (SSSR count). The summed E-state index contributed by atoms with van der Waals surface area (Å²) in [5.41, 5.74) is 2.97. The molecule has 5 heteroatoms. The predicted octanol–water partition coefficient (Wildman–Crippen LogP) is 6.04. The lowest BCUT2D eigenvalue weighted by Crippen LogP contribution is -2.74. The third-order valence-corrected chi connectivity index (χ3v) is 6.77. The number of ether oxygens (including phenoxy) is 1. The van der Waals surface area contributed by atoms with Crippen LogP contribution in [0.1, 0.15) is 49.2 Å². The van der Waals surface area contributed by atoms with Crippen LogP contribution in [-0.2, 0) is 6.54 Å². The third kappa shape index (κ3) is 2.91. The Balaban J connectivity index is 1.60. The third-order valence-electron chi connectivity index (χ3n) is 6.46. The van der Waals surface area contributed by atoms with Crippen molar-refractivity contribution in [2.75, 3.05) is 0 Å². The number of carbonyl (C=O) groups excluding carboxylic acids is 1. The first kappa shape index (κ1) is 19.8. The van der Waals surface area contributed by atoms with Crippen LogP contribution in [0.15, 0.2) is 36.4 Å². The van der Waals surface area contributed by atoms with E-state index in [1.165, 1.54) is 0 Å². The monoisotopic (exact) mass is 408 g/mol. The molecule has 150 valence electrons. The molecule has 29 heavy (non-hydrogen) atoms. The fourth-order valence-corrected chi connectivity index (χ4v) is 5.86. The average Bonchev–Trinajstić information content (AvgIpc) is 2.95. The summed E-state index contributed by atoms with van der Waals surface area (Å²) in [5.74, 6) is 0.761. The number of fused-ring (bicyclic) bond motifs is 1. The number of amides is 1. The minimum Gasteiger partial charge on any atom is -0.489 e. The van der Waals surface area contributed by atoms with Crippen molar-refractivity contribution in [1.82, 2.24) is 4.90 Å². The van der Waals surface area contributed by atoms with E-state index in [-0.39, 0.29) is 28.9 Å². The summed E-state index contributed by atoms with van der Waals surface area (Å²) in [6, 6.07) is 11.4. The summed E-state index contributed by atoms with van der Waals surface area (Å²) in [5, 5.41) is 0.393. The normalized spacial score (nSPS) is 23.9. The van der Waals surface area contributed by atoms with E-state index in [4.69, 9.17) is 22.9 Å². The van der Waals surface area contributed by atoms with Gasteiger partial charge in [0.1, 0.15) is 11.9 Å². The van der Waals surface area contributed by atoms with Crippen LogP contribution in [-0.4, -0.2) is 23.0 Å². The first-order valence-corrected chi connectivity index (χ1v) is 10.2. The van der Waals surface area contributed by atoms with Gasteiger partial charge in [-0.3, -0.25) is 4.79 Å². The van der Waals surface area contributed by atoms with E-state index >= 15 is 0 Å². The molecule has 1 heterocycles. The molecule has 2 aromatic carbocycles. The zero-order valence-electron chi connectivity index (χ0n) is 17.4. The van der Waals surface area contributed by atoms with Gasteiger partial charge in [-0.15, -0.1) is 0 Å². The van der Waals surface area contributed by atoms with Crippen LogP contribution < -0.4 is 4.74 Å². The highest BCUT2D eigenvalue weighted by Gasteiger charge is 2.66. The summed E-state index contributed by atoms with van der Waals surface area (Å²) in [4.78, 5) is 18.6. The van der Waals surface area contributed by atoms with Crippen molar-refractivity contribution in [2.45, 2.75) is 53.3 Å². The van der Waals surface area contributed by atoms with Gasteiger partial charge < -0.3 is 9.64 Å². The molecule has 0 atom stereocenters. The topological polar surface area (TPSA) is 33.9 Å². The number of nitrogens with zero attached hydrogens (tertiary/aromatic N) is 2. The SMILES string of the molecule is [C-]#[N+]c1ccc(OC2C(C)(C)C(N3Cc4ccc(C)cc4C3=O)C2(C)C)cc1Cl. The Morgan fingerprint density at radius 2 is 1.83 bits per heavy atom. The Morgan fingerprint density at radius 3 is 2.45 bits per heavy atom. The fourth-order valence-electron chi connectivity index (χ4n) is 5.65. The molecule has 0 bridgehead atoms. The molecule has 0 aromatic heterocycles. The Hall–Kier alpha value is -2.51. The van der Waals surface area contributed by atoms with E-state index in [1.54, 1.807) is 18.2 Å². The molecule has 0 unspecified atom stereocenters. The first-order valence-electron chi connectivity index (χ1n) is 9.81. The van der Waals surface area contributed by atoms with Gasteiger partial charge in [-0.25, -0.2) is 4.85 Å². The van der Waals surface area contributed by atoms with Gasteiger partial charge >= 0.3 is 0 Å². The molecular weight excluding hydrogens is 384 g/mol. The van der Waals surface area contributed by atoms with Gasteiger partial charge in [0, 0.05) is 29.0 Å². The number of hydrogen-bond acceptors (Lipinski definition) is 2. The maximum absolute atomic E-state index is 13.2. The molecule has 4 nitrogen and oxygen atoms in total. The maximum Gasteiger partial charge on any atom is 0.254 e. The van der Waals surface area contributed by atoms with Crippen molar-refractivity contribution in [3.8, 4) is 5.75 Å². The number of aryl methyl sites for hydroxylation is 1.